The zero-order chi connectivity index (χ0) is 19.0. The van der Waals surface area contributed by atoms with Gasteiger partial charge in [0, 0.05) is 38.4 Å². The van der Waals surface area contributed by atoms with Crippen LogP contribution in [0, 0.1) is 5.92 Å². The Balaban J connectivity index is 1.72. The van der Waals surface area contributed by atoms with Crippen molar-refractivity contribution in [3.8, 4) is 0 Å². The van der Waals surface area contributed by atoms with Crippen LogP contribution < -0.4 is 0 Å². The van der Waals surface area contributed by atoms with Crippen molar-refractivity contribution in [3.63, 3.8) is 0 Å². The van der Waals surface area contributed by atoms with E-state index in [0.717, 1.165) is 5.56 Å². The van der Waals surface area contributed by atoms with Crippen LogP contribution in [0.15, 0.2) is 47.3 Å². The number of aliphatic hydroxyl groups excluding tert-OH is 1. The predicted octanol–water partition coefficient (Wildman–Crippen LogP) is 1.51. The van der Waals surface area contributed by atoms with Crippen LogP contribution in [0.1, 0.15) is 35.4 Å². The Morgan fingerprint density at radius 1 is 1.22 bits per heavy atom. The van der Waals surface area contributed by atoms with Crippen LogP contribution >= 0.6 is 0 Å². The van der Waals surface area contributed by atoms with Gasteiger partial charge >= 0.3 is 0 Å². The molecule has 1 aromatic heterocycles. The van der Waals surface area contributed by atoms with Crippen LogP contribution in [0.4, 0.5) is 0 Å². The van der Waals surface area contributed by atoms with Gasteiger partial charge in [-0.1, -0.05) is 30.3 Å². The van der Waals surface area contributed by atoms with Gasteiger partial charge in [0.05, 0.1) is 18.3 Å². The van der Waals surface area contributed by atoms with Crippen LogP contribution in [0.25, 0.3) is 0 Å². The number of fused-ring (bicyclic) bond motifs is 1. The number of likely N-dealkylation sites (tertiary alicyclic amines) is 2. The summed E-state index contributed by atoms with van der Waals surface area (Å²) >= 11 is 0. The highest BCUT2D eigenvalue weighted by atomic mass is 16.3. The van der Waals surface area contributed by atoms with E-state index in [1.165, 1.54) is 19.5 Å². The van der Waals surface area contributed by atoms with Crippen molar-refractivity contribution in [2.45, 2.75) is 31.4 Å². The number of carbonyl (C=O) groups excluding carboxylic acids is 2. The molecule has 27 heavy (non-hydrogen) atoms. The Labute approximate surface area is 157 Å². The molecule has 4 rings (SSSR count). The summed E-state index contributed by atoms with van der Waals surface area (Å²) in [5.74, 6) is -0.249. The Morgan fingerprint density at radius 2 is 2.00 bits per heavy atom. The van der Waals surface area contributed by atoms with Crippen LogP contribution in [-0.4, -0.2) is 63.5 Å². The summed E-state index contributed by atoms with van der Waals surface area (Å²) in [5, 5.41) is 10.9. The van der Waals surface area contributed by atoms with Crippen molar-refractivity contribution in [1.29, 1.82) is 0 Å². The molecule has 2 saturated heterocycles. The monoisotopic (exact) mass is 369 g/mol. The maximum Gasteiger partial charge on any atom is 0.291 e. The van der Waals surface area contributed by atoms with Crippen LogP contribution in [0.3, 0.4) is 0 Å². The van der Waals surface area contributed by atoms with Gasteiger partial charge in [0.2, 0.25) is 11.7 Å². The number of aromatic nitrogens is 1. The predicted molar refractivity (Wildman–Crippen MR) is 96.9 cm³/mol. The molecule has 2 amide bonds. The molecule has 2 aliphatic rings. The smallest absolute Gasteiger partial charge is 0.291 e. The van der Waals surface area contributed by atoms with Gasteiger partial charge in [-0.3, -0.25) is 9.59 Å². The average molecular weight is 369 g/mol. The molecule has 2 aromatic rings. The number of amides is 2. The topological polar surface area (TPSA) is 86.9 Å². The summed E-state index contributed by atoms with van der Waals surface area (Å²) in [4.78, 5) is 32.4. The molecule has 0 radical (unpaired) electrons. The molecule has 0 spiro atoms. The number of hydrogen-bond acceptors (Lipinski definition) is 5. The van der Waals surface area contributed by atoms with E-state index in [1.54, 1.807) is 9.80 Å². The molecular weight excluding hydrogens is 346 g/mol. The average Bonchev–Trinajstić information content (AvgIpc) is 3.29. The zero-order valence-corrected chi connectivity index (χ0v) is 15.2. The minimum absolute atomic E-state index is 0.00461. The molecule has 2 fully saturated rings. The molecule has 4 atom stereocenters. The Morgan fingerprint density at radius 3 is 2.67 bits per heavy atom. The third kappa shape index (κ3) is 3.23. The molecule has 0 aliphatic carbocycles. The third-order valence-electron chi connectivity index (χ3n) is 5.83. The summed E-state index contributed by atoms with van der Waals surface area (Å²) < 4.78 is 5.22. The largest absolute Gasteiger partial charge is 0.438 e. The van der Waals surface area contributed by atoms with E-state index in [9.17, 15) is 14.7 Å². The lowest BCUT2D eigenvalue weighted by atomic mass is 9.81. The van der Waals surface area contributed by atoms with Crippen molar-refractivity contribution < 1.29 is 19.1 Å². The lowest BCUT2D eigenvalue weighted by molar-refractivity contribution is -0.129. The fourth-order valence-electron chi connectivity index (χ4n) is 4.50. The second-order valence-electron chi connectivity index (χ2n) is 7.31. The number of hydrogen-bond donors (Lipinski definition) is 1. The first kappa shape index (κ1) is 17.7. The van der Waals surface area contributed by atoms with E-state index in [0.29, 0.717) is 26.1 Å². The molecule has 7 nitrogen and oxygen atoms in total. The number of nitrogens with zero attached hydrogens (tertiary/aromatic N) is 3. The van der Waals surface area contributed by atoms with Crippen molar-refractivity contribution in [1.82, 2.24) is 14.8 Å². The van der Waals surface area contributed by atoms with Gasteiger partial charge in [0.15, 0.2) is 6.39 Å². The van der Waals surface area contributed by atoms with E-state index < -0.39 is 6.10 Å². The first-order valence-corrected chi connectivity index (χ1v) is 9.24. The summed E-state index contributed by atoms with van der Waals surface area (Å²) in [6.07, 6.45) is 2.56. The first-order valence-electron chi connectivity index (χ1n) is 9.24. The SMILES string of the molecule is CC(=O)N1CC[C@@H](O)[C@@H]2[C@@H](C1)N(C(=O)c1cnco1)C[C@H]2c1ccccc1. The molecule has 3 heterocycles. The molecule has 0 bridgehead atoms. The Bertz CT molecular complexity index is 808. The summed E-state index contributed by atoms with van der Waals surface area (Å²) in [7, 11) is 0. The van der Waals surface area contributed by atoms with Gasteiger partial charge in [0.25, 0.3) is 5.91 Å². The second-order valence-corrected chi connectivity index (χ2v) is 7.31. The van der Waals surface area contributed by atoms with Gasteiger partial charge < -0.3 is 19.3 Å². The lowest BCUT2D eigenvalue weighted by Gasteiger charge is -2.30. The minimum atomic E-state index is -0.586. The fourth-order valence-corrected chi connectivity index (χ4v) is 4.50. The molecule has 1 N–H and O–H groups in total. The summed E-state index contributed by atoms with van der Waals surface area (Å²) in [6.45, 7) is 2.91. The number of benzene rings is 1. The molecule has 7 heteroatoms. The minimum Gasteiger partial charge on any atom is -0.438 e. The highest BCUT2D eigenvalue weighted by Crippen LogP contribution is 2.42. The lowest BCUT2D eigenvalue weighted by Crippen LogP contribution is -2.46. The van der Waals surface area contributed by atoms with Crippen LogP contribution in [-0.2, 0) is 4.79 Å². The summed E-state index contributed by atoms with van der Waals surface area (Å²) in [6, 6.07) is 9.68. The van der Waals surface area contributed by atoms with Crippen molar-refractivity contribution in [2.24, 2.45) is 5.92 Å². The van der Waals surface area contributed by atoms with Gasteiger partial charge in [-0.05, 0) is 12.0 Å². The number of aliphatic hydroxyl groups is 1. The molecular formula is C20H23N3O4. The summed E-state index contributed by atoms with van der Waals surface area (Å²) in [5.41, 5.74) is 1.09. The standard InChI is InChI=1S/C20H23N3O4/c1-13(24)22-8-7-17(25)19-15(14-5-3-2-4-6-14)10-23(16(19)11-22)20(26)18-9-21-12-27-18/h2-6,9,12,15-17,19,25H,7-8,10-11H2,1H3/t15-,16+,17+,19-/m0/s1. The van der Waals surface area contributed by atoms with Crippen molar-refractivity contribution in [2.75, 3.05) is 19.6 Å². The van der Waals surface area contributed by atoms with E-state index in [4.69, 9.17) is 4.42 Å². The van der Waals surface area contributed by atoms with Gasteiger partial charge in [-0.15, -0.1) is 0 Å². The number of rotatable bonds is 2. The molecule has 0 saturated carbocycles. The maximum absolute atomic E-state index is 13.0. The number of oxazole rings is 1. The first-order chi connectivity index (χ1) is 13.1. The molecule has 142 valence electrons. The van der Waals surface area contributed by atoms with Crippen LogP contribution in [0.5, 0.6) is 0 Å². The normalized spacial score (nSPS) is 27.9. The fraction of sp³-hybridized carbons (Fsp3) is 0.450. The van der Waals surface area contributed by atoms with Crippen molar-refractivity contribution >= 4 is 11.8 Å². The second kappa shape index (κ2) is 7.15. The molecule has 1 aromatic carbocycles. The molecule has 2 aliphatic heterocycles. The van der Waals surface area contributed by atoms with E-state index >= 15 is 0 Å². The zero-order valence-electron chi connectivity index (χ0n) is 15.2. The molecule has 0 unspecified atom stereocenters. The van der Waals surface area contributed by atoms with E-state index in [2.05, 4.69) is 4.98 Å². The van der Waals surface area contributed by atoms with Crippen LogP contribution in [0.2, 0.25) is 0 Å². The Hall–Kier alpha value is -2.67. The maximum atomic E-state index is 13.0. The van der Waals surface area contributed by atoms with Gasteiger partial charge in [0.1, 0.15) is 0 Å². The highest BCUT2D eigenvalue weighted by molar-refractivity contribution is 5.91. The van der Waals surface area contributed by atoms with Gasteiger partial charge in [-0.25, -0.2) is 4.98 Å². The van der Waals surface area contributed by atoms with Crippen molar-refractivity contribution in [3.05, 3.63) is 54.2 Å². The Kier molecular flexibility index (Phi) is 4.70. The van der Waals surface area contributed by atoms with Gasteiger partial charge in [-0.2, -0.15) is 0 Å². The van der Waals surface area contributed by atoms with E-state index in [1.807, 2.05) is 30.3 Å². The highest BCUT2D eigenvalue weighted by Gasteiger charge is 2.50. The third-order valence-corrected chi connectivity index (χ3v) is 5.83. The quantitative estimate of drug-likeness (QED) is 0.867. The van der Waals surface area contributed by atoms with E-state index in [-0.39, 0.29) is 35.5 Å². The number of carbonyl (C=O) groups is 2.